The zero-order valence-corrected chi connectivity index (χ0v) is 17.3. The van der Waals surface area contributed by atoms with Crippen molar-refractivity contribution in [3.8, 4) is 5.75 Å². The van der Waals surface area contributed by atoms with Crippen molar-refractivity contribution in [2.45, 2.75) is 18.7 Å². The first kappa shape index (κ1) is 21.9. The summed E-state index contributed by atoms with van der Waals surface area (Å²) in [5, 5.41) is 2.75. The summed E-state index contributed by atoms with van der Waals surface area (Å²) in [4.78, 5) is 23.6. The van der Waals surface area contributed by atoms with E-state index in [0.717, 1.165) is 4.31 Å². The number of carbonyl (C=O) groups is 2. The SMILES string of the molecule is CCOc1ccc(S(=O)(=O)N(C)CC(=O)Nc2cccc(C(C)=O)c2)cc1Cl. The summed E-state index contributed by atoms with van der Waals surface area (Å²) >= 11 is 6.06. The highest BCUT2D eigenvalue weighted by molar-refractivity contribution is 7.89. The van der Waals surface area contributed by atoms with Gasteiger partial charge in [-0.25, -0.2) is 8.42 Å². The minimum Gasteiger partial charge on any atom is -0.492 e. The molecule has 28 heavy (non-hydrogen) atoms. The molecule has 0 saturated heterocycles. The van der Waals surface area contributed by atoms with Crippen LogP contribution < -0.4 is 10.1 Å². The van der Waals surface area contributed by atoms with Gasteiger partial charge in [-0.2, -0.15) is 4.31 Å². The Morgan fingerprint density at radius 1 is 1.18 bits per heavy atom. The molecule has 9 heteroatoms. The van der Waals surface area contributed by atoms with Gasteiger partial charge >= 0.3 is 0 Å². The van der Waals surface area contributed by atoms with E-state index in [0.29, 0.717) is 23.6 Å². The van der Waals surface area contributed by atoms with Crippen molar-refractivity contribution >= 4 is 39.0 Å². The molecular formula is C19H21ClN2O5S. The van der Waals surface area contributed by atoms with E-state index in [1.165, 1.54) is 38.2 Å². The van der Waals surface area contributed by atoms with Gasteiger partial charge in [0.2, 0.25) is 15.9 Å². The Bertz CT molecular complexity index is 992. The molecule has 0 aliphatic rings. The van der Waals surface area contributed by atoms with Crippen molar-refractivity contribution < 1.29 is 22.7 Å². The fourth-order valence-electron chi connectivity index (χ4n) is 2.40. The second-order valence-corrected chi connectivity index (χ2v) is 8.42. The maximum absolute atomic E-state index is 12.7. The van der Waals surface area contributed by atoms with Crippen molar-refractivity contribution in [2.75, 3.05) is 25.5 Å². The average molecular weight is 425 g/mol. The van der Waals surface area contributed by atoms with Gasteiger partial charge in [0, 0.05) is 18.3 Å². The van der Waals surface area contributed by atoms with Gasteiger partial charge in [-0.3, -0.25) is 9.59 Å². The number of nitrogens with one attached hydrogen (secondary N) is 1. The van der Waals surface area contributed by atoms with Gasteiger partial charge in [-0.15, -0.1) is 0 Å². The molecule has 7 nitrogen and oxygen atoms in total. The highest BCUT2D eigenvalue weighted by Crippen LogP contribution is 2.28. The lowest BCUT2D eigenvalue weighted by molar-refractivity contribution is -0.116. The van der Waals surface area contributed by atoms with Crippen LogP contribution in [-0.4, -0.2) is 44.6 Å². The van der Waals surface area contributed by atoms with Crippen LogP contribution in [0.15, 0.2) is 47.4 Å². The Balaban J connectivity index is 2.11. The molecule has 0 bridgehead atoms. The number of carbonyl (C=O) groups excluding carboxylic acids is 2. The molecule has 0 saturated carbocycles. The zero-order chi connectivity index (χ0) is 20.9. The van der Waals surface area contributed by atoms with Gasteiger partial charge in [0.25, 0.3) is 0 Å². The van der Waals surface area contributed by atoms with Crippen molar-refractivity contribution in [1.29, 1.82) is 0 Å². The lowest BCUT2D eigenvalue weighted by atomic mass is 10.1. The van der Waals surface area contributed by atoms with Crippen LogP contribution in [0.5, 0.6) is 5.75 Å². The minimum atomic E-state index is -3.92. The third-order valence-corrected chi connectivity index (χ3v) is 5.93. The first-order chi connectivity index (χ1) is 13.1. The Hall–Kier alpha value is -2.42. The Morgan fingerprint density at radius 2 is 1.89 bits per heavy atom. The van der Waals surface area contributed by atoms with E-state index in [1.54, 1.807) is 25.1 Å². The van der Waals surface area contributed by atoms with E-state index in [2.05, 4.69) is 5.32 Å². The molecule has 2 aromatic rings. The van der Waals surface area contributed by atoms with Crippen molar-refractivity contribution in [1.82, 2.24) is 4.31 Å². The Kier molecular flexibility index (Phi) is 7.17. The molecular weight excluding hydrogens is 404 g/mol. The van der Waals surface area contributed by atoms with Crippen molar-refractivity contribution in [3.05, 3.63) is 53.1 Å². The Labute approximate surface area is 169 Å². The summed E-state index contributed by atoms with van der Waals surface area (Å²) in [6, 6.07) is 10.5. The van der Waals surface area contributed by atoms with Crippen LogP contribution in [0.3, 0.4) is 0 Å². The summed E-state index contributed by atoms with van der Waals surface area (Å²) in [5.74, 6) is -0.291. The number of ketones is 1. The number of sulfonamides is 1. The number of Topliss-reactive ketones (excluding diaryl/α,β-unsaturated/α-hetero) is 1. The molecule has 0 aromatic heterocycles. The largest absolute Gasteiger partial charge is 0.492 e. The average Bonchev–Trinajstić information content (AvgIpc) is 2.63. The standard InChI is InChI=1S/C19H21ClN2O5S/c1-4-27-18-9-8-16(11-17(18)20)28(25,26)22(3)12-19(24)21-15-7-5-6-14(10-15)13(2)23/h5-11H,4,12H2,1-3H3,(H,21,24). The summed E-state index contributed by atoms with van der Waals surface area (Å²) in [6.45, 7) is 3.21. The smallest absolute Gasteiger partial charge is 0.243 e. The molecule has 0 aliphatic carbocycles. The lowest BCUT2D eigenvalue weighted by Gasteiger charge is -2.17. The monoisotopic (exact) mass is 424 g/mol. The van der Waals surface area contributed by atoms with Gasteiger partial charge in [-0.05, 0) is 44.2 Å². The summed E-state index contributed by atoms with van der Waals surface area (Å²) in [5.41, 5.74) is 0.857. The van der Waals surface area contributed by atoms with E-state index in [4.69, 9.17) is 16.3 Å². The van der Waals surface area contributed by atoms with Crippen LogP contribution in [0.25, 0.3) is 0 Å². The number of nitrogens with zero attached hydrogens (tertiary/aromatic N) is 1. The van der Waals surface area contributed by atoms with E-state index >= 15 is 0 Å². The number of likely N-dealkylation sites (N-methyl/N-ethyl adjacent to an activating group) is 1. The molecule has 0 unspecified atom stereocenters. The third-order valence-electron chi connectivity index (χ3n) is 3.83. The van der Waals surface area contributed by atoms with Crippen LogP contribution in [0, 0.1) is 0 Å². The molecule has 0 atom stereocenters. The molecule has 0 spiro atoms. The minimum absolute atomic E-state index is 0.0465. The topological polar surface area (TPSA) is 92.8 Å². The quantitative estimate of drug-likeness (QED) is 0.657. The second kappa shape index (κ2) is 9.18. The number of ether oxygens (including phenoxy) is 1. The lowest BCUT2D eigenvalue weighted by Crippen LogP contribution is -2.35. The molecule has 150 valence electrons. The summed E-state index contributed by atoms with van der Waals surface area (Å²) in [7, 11) is -2.63. The molecule has 0 aliphatic heterocycles. The van der Waals surface area contributed by atoms with Crippen LogP contribution in [0.4, 0.5) is 5.69 Å². The molecule has 1 amide bonds. The van der Waals surface area contributed by atoms with E-state index in [-0.39, 0.29) is 15.7 Å². The first-order valence-electron chi connectivity index (χ1n) is 8.44. The van der Waals surface area contributed by atoms with Crippen LogP contribution in [0.2, 0.25) is 5.02 Å². The third kappa shape index (κ3) is 5.31. The normalized spacial score (nSPS) is 11.3. The second-order valence-electron chi connectivity index (χ2n) is 5.97. The number of hydrogen-bond donors (Lipinski definition) is 1. The van der Waals surface area contributed by atoms with Gasteiger partial charge < -0.3 is 10.1 Å². The van der Waals surface area contributed by atoms with Crippen LogP contribution in [-0.2, 0) is 14.8 Å². The van der Waals surface area contributed by atoms with Crippen molar-refractivity contribution in [2.24, 2.45) is 0 Å². The maximum Gasteiger partial charge on any atom is 0.243 e. The van der Waals surface area contributed by atoms with Gasteiger partial charge in [-0.1, -0.05) is 23.7 Å². The van der Waals surface area contributed by atoms with Crippen LogP contribution >= 0.6 is 11.6 Å². The number of hydrogen-bond acceptors (Lipinski definition) is 5. The van der Waals surface area contributed by atoms with Crippen molar-refractivity contribution in [3.63, 3.8) is 0 Å². The predicted octanol–water partition coefficient (Wildman–Crippen LogP) is 3.20. The molecule has 0 radical (unpaired) electrons. The number of amides is 1. The number of halogens is 1. The van der Waals surface area contributed by atoms with E-state index in [1.807, 2.05) is 0 Å². The highest BCUT2D eigenvalue weighted by atomic mass is 35.5. The molecule has 2 rings (SSSR count). The van der Waals surface area contributed by atoms with Gasteiger partial charge in [0.15, 0.2) is 5.78 Å². The highest BCUT2D eigenvalue weighted by Gasteiger charge is 2.24. The molecule has 0 heterocycles. The van der Waals surface area contributed by atoms with E-state index < -0.39 is 22.5 Å². The first-order valence-corrected chi connectivity index (χ1v) is 10.3. The van der Waals surface area contributed by atoms with E-state index in [9.17, 15) is 18.0 Å². The summed E-state index contributed by atoms with van der Waals surface area (Å²) < 4.78 is 31.6. The van der Waals surface area contributed by atoms with Crippen LogP contribution in [0.1, 0.15) is 24.2 Å². The number of anilines is 1. The molecule has 0 fully saturated rings. The predicted molar refractivity (Wildman–Crippen MR) is 108 cm³/mol. The van der Waals surface area contributed by atoms with Gasteiger partial charge in [0.1, 0.15) is 5.75 Å². The maximum atomic E-state index is 12.7. The summed E-state index contributed by atoms with van der Waals surface area (Å²) in [6.07, 6.45) is 0. The number of benzene rings is 2. The molecule has 1 N–H and O–H groups in total. The van der Waals surface area contributed by atoms with Gasteiger partial charge in [0.05, 0.1) is 23.1 Å². The number of rotatable bonds is 8. The molecule has 2 aromatic carbocycles. The fraction of sp³-hybridized carbons (Fsp3) is 0.263. The fourth-order valence-corrected chi connectivity index (χ4v) is 3.85. The zero-order valence-electron chi connectivity index (χ0n) is 15.7. The Morgan fingerprint density at radius 3 is 2.50 bits per heavy atom.